The smallest absolute Gasteiger partial charge is 0.0595 e. The van der Waals surface area contributed by atoms with Gasteiger partial charge in [-0.1, -0.05) is 48.5 Å². The van der Waals surface area contributed by atoms with Crippen LogP contribution in [0.4, 0.5) is 0 Å². The van der Waals surface area contributed by atoms with E-state index in [1.54, 1.807) is 0 Å². The highest BCUT2D eigenvalue weighted by atomic mass is 35.5. The zero-order chi connectivity index (χ0) is 14.9. The molecule has 21 heavy (non-hydrogen) atoms. The molecule has 1 saturated heterocycles. The highest BCUT2D eigenvalue weighted by Gasteiger charge is 2.37. The van der Waals surface area contributed by atoms with E-state index in [1.165, 1.54) is 63.6 Å². The minimum Gasteiger partial charge on any atom is -0.300 e. The van der Waals surface area contributed by atoms with Crippen LogP contribution in [0.1, 0.15) is 57.4 Å². The van der Waals surface area contributed by atoms with Crippen LogP contribution in [-0.4, -0.2) is 24.0 Å². The molecule has 1 saturated carbocycles. The monoisotopic (exact) mass is 325 g/mol. The van der Waals surface area contributed by atoms with E-state index in [9.17, 15) is 0 Å². The van der Waals surface area contributed by atoms with E-state index in [-0.39, 0.29) is 5.41 Å². The molecule has 2 aliphatic rings. The summed E-state index contributed by atoms with van der Waals surface area (Å²) in [6.45, 7) is 4.81. The fourth-order valence-corrected chi connectivity index (χ4v) is 4.51. The summed E-state index contributed by atoms with van der Waals surface area (Å²) >= 11 is 12.4. The van der Waals surface area contributed by atoms with Crippen molar-refractivity contribution in [2.24, 2.45) is 0 Å². The predicted octanol–water partition coefficient (Wildman–Crippen LogP) is 5.68. The zero-order valence-electron chi connectivity index (χ0n) is 12.9. The molecule has 1 heterocycles. The van der Waals surface area contributed by atoms with E-state index in [1.807, 2.05) is 6.07 Å². The Bertz CT molecular complexity index is 494. The van der Waals surface area contributed by atoms with Crippen molar-refractivity contribution in [3.63, 3.8) is 0 Å². The fraction of sp³-hybridized carbons (Fsp3) is 0.667. The van der Waals surface area contributed by atoms with Gasteiger partial charge in [0.15, 0.2) is 0 Å². The minimum atomic E-state index is 0.283. The van der Waals surface area contributed by atoms with E-state index >= 15 is 0 Å². The summed E-state index contributed by atoms with van der Waals surface area (Å²) in [5.74, 6) is 0. The van der Waals surface area contributed by atoms with Crippen molar-refractivity contribution in [3.8, 4) is 0 Å². The Morgan fingerprint density at radius 2 is 1.86 bits per heavy atom. The van der Waals surface area contributed by atoms with Crippen LogP contribution in [0.25, 0.3) is 0 Å². The molecule has 0 spiro atoms. The standard InChI is InChI=1S/C18H25Cl2N/c1-14-6-5-11-21(14)13-18(9-3-2-4-10-18)15-7-8-16(19)17(20)12-15/h7-8,12,14H,2-6,9-11,13H2,1H3. The van der Waals surface area contributed by atoms with E-state index < -0.39 is 0 Å². The Morgan fingerprint density at radius 1 is 1.10 bits per heavy atom. The van der Waals surface area contributed by atoms with Crippen LogP contribution in [0.5, 0.6) is 0 Å². The molecule has 0 radical (unpaired) electrons. The molecule has 1 aromatic rings. The average molecular weight is 326 g/mol. The Hall–Kier alpha value is -0.240. The quantitative estimate of drug-likeness (QED) is 0.691. The van der Waals surface area contributed by atoms with E-state index in [0.717, 1.165) is 6.04 Å². The van der Waals surface area contributed by atoms with Crippen molar-refractivity contribution in [2.75, 3.05) is 13.1 Å². The summed E-state index contributed by atoms with van der Waals surface area (Å²) in [6.07, 6.45) is 9.31. The first-order chi connectivity index (χ1) is 10.1. The third-order valence-electron chi connectivity index (χ3n) is 5.54. The second kappa shape index (κ2) is 6.48. The lowest BCUT2D eigenvalue weighted by atomic mass is 9.69. The summed E-state index contributed by atoms with van der Waals surface area (Å²) in [6, 6.07) is 7.03. The normalized spacial score (nSPS) is 26.1. The summed E-state index contributed by atoms with van der Waals surface area (Å²) in [7, 11) is 0. The maximum Gasteiger partial charge on any atom is 0.0595 e. The molecule has 0 aromatic heterocycles. The molecule has 2 fully saturated rings. The van der Waals surface area contributed by atoms with Gasteiger partial charge in [0.2, 0.25) is 0 Å². The van der Waals surface area contributed by atoms with Gasteiger partial charge in [0.25, 0.3) is 0 Å². The van der Waals surface area contributed by atoms with Crippen molar-refractivity contribution in [1.29, 1.82) is 0 Å². The van der Waals surface area contributed by atoms with Gasteiger partial charge < -0.3 is 0 Å². The summed E-state index contributed by atoms with van der Waals surface area (Å²) in [5.41, 5.74) is 1.68. The lowest BCUT2D eigenvalue weighted by Crippen LogP contribution is -2.43. The molecular formula is C18H25Cl2N. The maximum atomic E-state index is 6.29. The number of likely N-dealkylation sites (tertiary alicyclic amines) is 1. The first kappa shape index (κ1) is 15.6. The molecule has 116 valence electrons. The molecule has 0 bridgehead atoms. The summed E-state index contributed by atoms with van der Waals surface area (Å²) in [5, 5.41) is 1.37. The average Bonchev–Trinajstić information content (AvgIpc) is 2.88. The van der Waals surface area contributed by atoms with Crippen molar-refractivity contribution >= 4 is 23.2 Å². The lowest BCUT2D eigenvalue weighted by Gasteiger charge is -2.42. The highest BCUT2D eigenvalue weighted by Crippen LogP contribution is 2.42. The third kappa shape index (κ3) is 3.25. The number of rotatable bonds is 3. The second-order valence-electron chi connectivity index (χ2n) is 6.93. The van der Waals surface area contributed by atoms with Crippen molar-refractivity contribution < 1.29 is 0 Å². The fourth-order valence-electron chi connectivity index (χ4n) is 4.21. The number of nitrogens with zero attached hydrogens (tertiary/aromatic N) is 1. The molecule has 0 amide bonds. The Morgan fingerprint density at radius 3 is 2.48 bits per heavy atom. The summed E-state index contributed by atoms with van der Waals surface area (Å²) < 4.78 is 0. The Balaban J connectivity index is 1.90. The minimum absolute atomic E-state index is 0.283. The van der Waals surface area contributed by atoms with Crippen LogP contribution in [0, 0.1) is 0 Å². The van der Waals surface area contributed by atoms with Gasteiger partial charge in [-0.3, -0.25) is 4.90 Å². The van der Waals surface area contributed by atoms with Gasteiger partial charge in [-0.2, -0.15) is 0 Å². The van der Waals surface area contributed by atoms with Crippen LogP contribution >= 0.6 is 23.2 Å². The predicted molar refractivity (Wildman–Crippen MR) is 91.5 cm³/mol. The van der Waals surface area contributed by atoms with Gasteiger partial charge in [0.05, 0.1) is 10.0 Å². The van der Waals surface area contributed by atoms with Crippen LogP contribution in [0.2, 0.25) is 10.0 Å². The number of hydrogen-bond acceptors (Lipinski definition) is 1. The van der Waals surface area contributed by atoms with Crippen molar-refractivity contribution in [3.05, 3.63) is 33.8 Å². The first-order valence-corrected chi connectivity index (χ1v) is 9.06. The van der Waals surface area contributed by atoms with Gasteiger partial charge in [-0.15, -0.1) is 0 Å². The summed E-state index contributed by atoms with van der Waals surface area (Å²) in [4.78, 5) is 2.69. The second-order valence-corrected chi connectivity index (χ2v) is 7.75. The van der Waals surface area contributed by atoms with Crippen molar-refractivity contribution in [1.82, 2.24) is 4.90 Å². The SMILES string of the molecule is CC1CCCN1CC1(c2ccc(Cl)c(Cl)c2)CCCCC1. The van der Waals surface area contributed by atoms with Crippen LogP contribution < -0.4 is 0 Å². The molecule has 1 nitrogen and oxygen atoms in total. The van der Waals surface area contributed by atoms with E-state index in [4.69, 9.17) is 23.2 Å². The van der Waals surface area contributed by atoms with Gasteiger partial charge >= 0.3 is 0 Å². The Labute approximate surface area is 138 Å². The molecule has 1 unspecified atom stereocenters. The lowest BCUT2D eigenvalue weighted by molar-refractivity contribution is 0.164. The molecule has 1 aliphatic carbocycles. The highest BCUT2D eigenvalue weighted by molar-refractivity contribution is 6.42. The maximum absolute atomic E-state index is 6.29. The van der Waals surface area contributed by atoms with Crippen molar-refractivity contribution in [2.45, 2.75) is 63.3 Å². The van der Waals surface area contributed by atoms with Gasteiger partial charge in [0.1, 0.15) is 0 Å². The van der Waals surface area contributed by atoms with Crippen LogP contribution in [0.15, 0.2) is 18.2 Å². The third-order valence-corrected chi connectivity index (χ3v) is 6.28. The molecule has 1 aromatic carbocycles. The topological polar surface area (TPSA) is 3.24 Å². The van der Waals surface area contributed by atoms with Gasteiger partial charge in [-0.25, -0.2) is 0 Å². The van der Waals surface area contributed by atoms with Crippen LogP contribution in [0.3, 0.4) is 0 Å². The largest absolute Gasteiger partial charge is 0.300 e. The zero-order valence-corrected chi connectivity index (χ0v) is 14.4. The number of hydrogen-bond donors (Lipinski definition) is 0. The number of halogens is 2. The van der Waals surface area contributed by atoms with Gasteiger partial charge in [0, 0.05) is 18.0 Å². The number of benzene rings is 1. The molecular weight excluding hydrogens is 301 g/mol. The van der Waals surface area contributed by atoms with E-state index in [2.05, 4.69) is 24.0 Å². The van der Waals surface area contributed by atoms with Gasteiger partial charge in [-0.05, 0) is 56.8 Å². The van der Waals surface area contributed by atoms with Crippen LogP contribution in [-0.2, 0) is 5.41 Å². The Kier molecular flexibility index (Phi) is 4.83. The molecule has 1 aliphatic heterocycles. The van der Waals surface area contributed by atoms with E-state index in [0.29, 0.717) is 10.0 Å². The first-order valence-electron chi connectivity index (χ1n) is 8.30. The molecule has 0 N–H and O–H groups in total. The molecule has 3 rings (SSSR count). The molecule has 3 heteroatoms. The molecule has 1 atom stereocenters.